The summed E-state index contributed by atoms with van der Waals surface area (Å²) in [6, 6.07) is 39.2. The van der Waals surface area contributed by atoms with Gasteiger partial charge in [0.1, 0.15) is 0 Å². The van der Waals surface area contributed by atoms with Gasteiger partial charge in [-0.1, -0.05) is 72.8 Å². The van der Waals surface area contributed by atoms with Gasteiger partial charge in [-0.05, 0) is 91.0 Å². The third kappa shape index (κ3) is 4.58. The highest BCUT2D eigenvalue weighted by Gasteiger charge is 2.20. The molecule has 9 aromatic rings. The van der Waals surface area contributed by atoms with Crippen molar-refractivity contribution in [3.05, 3.63) is 145 Å². The molecule has 216 valence electrons. The van der Waals surface area contributed by atoms with Gasteiger partial charge in [-0.25, -0.2) is 0 Å². The lowest BCUT2D eigenvalue weighted by atomic mass is 9.86. The standard InChI is InChI=1S/C40H24N4S2/c1-2-6-26-17-27(10-9-25(26)5-1)28-11-12-33-34(18-28)40(36-20-30(14-16-44-36)38-22-42-24-46-38)32-8-4-3-7-31(32)39(33)35-19-29(13-15-43-35)37-21-41-23-45-37/h1-24H. The number of pyridine rings is 2. The minimum absolute atomic E-state index is 0.931. The Kier molecular flexibility index (Phi) is 6.47. The molecule has 0 fully saturated rings. The average Bonchev–Trinajstić information content (AvgIpc) is 3.86. The molecule has 0 amide bonds. The zero-order chi connectivity index (χ0) is 30.5. The van der Waals surface area contributed by atoms with Gasteiger partial charge in [0.15, 0.2) is 0 Å². The van der Waals surface area contributed by atoms with Crippen molar-refractivity contribution in [1.82, 2.24) is 19.9 Å². The summed E-state index contributed by atoms with van der Waals surface area (Å²) in [6.45, 7) is 0. The molecule has 0 aliphatic rings. The highest BCUT2D eigenvalue weighted by Crippen LogP contribution is 2.45. The number of hydrogen-bond acceptors (Lipinski definition) is 6. The van der Waals surface area contributed by atoms with Crippen LogP contribution in [0.3, 0.4) is 0 Å². The first-order valence-corrected chi connectivity index (χ1v) is 16.7. The molecule has 4 heterocycles. The van der Waals surface area contributed by atoms with E-state index in [1.165, 1.54) is 16.3 Å². The molecule has 0 aliphatic carbocycles. The van der Waals surface area contributed by atoms with Crippen LogP contribution in [0.15, 0.2) is 145 Å². The SMILES string of the molecule is c1ccc2cc(-c3ccc4c(-c5cc(-c6cncs6)ccn5)c5ccccc5c(-c5cc(-c6cncs6)ccn5)c4c3)ccc2c1. The first-order chi connectivity index (χ1) is 22.8. The molecule has 0 bridgehead atoms. The van der Waals surface area contributed by atoms with Crippen LogP contribution < -0.4 is 0 Å². The van der Waals surface area contributed by atoms with E-state index >= 15 is 0 Å². The largest absolute Gasteiger partial charge is 0.256 e. The maximum absolute atomic E-state index is 4.98. The van der Waals surface area contributed by atoms with Gasteiger partial charge in [0.05, 0.1) is 32.2 Å². The second kappa shape index (κ2) is 11.1. The van der Waals surface area contributed by atoms with Crippen LogP contribution >= 0.6 is 22.7 Å². The first-order valence-electron chi connectivity index (χ1n) is 15.0. The predicted octanol–water partition coefficient (Wildman–Crippen LogP) is 11.2. The van der Waals surface area contributed by atoms with Crippen molar-refractivity contribution in [2.45, 2.75) is 0 Å². The molecule has 0 atom stereocenters. The quantitative estimate of drug-likeness (QED) is 0.179. The molecule has 4 nitrogen and oxygen atoms in total. The lowest BCUT2D eigenvalue weighted by Gasteiger charge is -2.18. The van der Waals surface area contributed by atoms with Crippen LogP contribution in [-0.2, 0) is 0 Å². The normalized spacial score (nSPS) is 11.5. The predicted molar refractivity (Wildman–Crippen MR) is 193 cm³/mol. The molecule has 9 rings (SSSR count). The molecule has 6 heteroatoms. The van der Waals surface area contributed by atoms with Crippen molar-refractivity contribution in [3.8, 4) is 54.5 Å². The Labute approximate surface area is 273 Å². The summed E-state index contributed by atoms with van der Waals surface area (Å²) in [5, 5.41) is 7.01. The van der Waals surface area contributed by atoms with E-state index in [1.807, 2.05) is 35.8 Å². The molecular weight excluding hydrogens is 601 g/mol. The molecule has 0 saturated carbocycles. The number of fused-ring (bicyclic) bond motifs is 3. The summed E-state index contributed by atoms with van der Waals surface area (Å²) in [5.74, 6) is 0. The summed E-state index contributed by atoms with van der Waals surface area (Å²) < 4.78 is 0. The van der Waals surface area contributed by atoms with Crippen molar-refractivity contribution in [2.75, 3.05) is 0 Å². The van der Waals surface area contributed by atoms with Crippen LogP contribution in [0.25, 0.3) is 86.8 Å². The smallest absolute Gasteiger partial charge is 0.0797 e. The van der Waals surface area contributed by atoms with E-state index in [0.717, 1.165) is 70.5 Å². The van der Waals surface area contributed by atoms with Crippen LogP contribution in [0.2, 0.25) is 0 Å². The van der Waals surface area contributed by atoms with E-state index in [9.17, 15) is 0 Å². The molecule has 0 aliphatic heterocycles. The third-order valence-corrected chi connectivity index (χ3v) is 10.2. The van der Waals surface area contributed by atoms with E-state index in [1.54, 1.807) is 22.7 Å². The molecule has 0 N–H and O–H groups in total. The van der Waals surface area contributed by atoms with E-state index in [2.05, 4.69) is 119 Å². The Morgan fingerprint density at radius 2 is 0.957 bits per heavy atom. The minimum atomic E-state index is 0.931. The number of rotatable bonds is 5. The summed E-state index contributed by atoms with van der Waals surface area (Å²) in [4.78, 5) is 20.8. The Morgan fingerprint density at radius 3 is 1.59 bits per heavy atom. The van der Waals surface area contributed by atoms with Crippen LogP contribution in [-0.4, -0.2) is 19.9 Å². The highest BCUT2D eigenvalue weighted by molar-refractivity contribution is 7.13. The van der Waals surface area contributed by atoms with Gasteiger partial charge in [0.25, 0.3) is 0 Å². The molecule has 0 spiro atoms. The Hall–Kier alpha value is -5.56. The molecule has 0 unspecified atom stereocenters. The topological polar surface area (TPSA) is 51.6 Å². The summed E-state index contributed by atoms with van der Waals surface area (Å²) in [5.41, 5.74) is 12.4. The third-order valence-electron chi connectivity index (χ3n) is 8.57. The fraction of sp³-hybridized carbons (Fsp3) is 0. The fourth-order valence-corrected chi connectivity index (χ4v) is 7.68. The summed E-state index contributed by atoms with van der Waals surface area (Å²) in [6.07, 6.45) is 7.65. The maximum Gasteiger partial charge on any atom is 0.0797 e. The van der Waals surface area contributed by atoms with Gasteiger partial charge in [0, 0.05) is 35.9 Å². The monoisotopic (exact) mass is 624 g/mol. The Balaban J connectivity index is 1.36. The average molecular weight is 625 g/mol. The number of hydrogen-bond donors (Lipinski definition) is 0. The Morgan fingerprint density at radius 1 is 0.413 bits per heavy atom. The van der Waals surface area contributed by atoms with Crippen molar-refractivity contribution in [3.63, 3.8) is 0 Å². The second-order valence-corrected chi connectivity index (χ2v) is 13.0. The van der Waals surface area contributed by atoms with E-state index in [4.69, 9.17) is 9.97 Å². The van der Waals surface area contributed by atoms with E-state index < -0.39 is 0 Å². The van der Waals surface area contributed by atoms with Crippen molar-refractivity contribution >= 4 is 55.0 Å². The lowest BCUT2D eigenvalue weighted by Crippen LogP contribution is -1.95. The zero-order valence-corrected chi connectivity index (χ0v) is 26.1. The van der Waals surface area contributed by atoms with Gasteiger partial charge in [-0.2, -0.15) is 0 Å². The van der Waals surface area contributed by atoms with Crippen molar-refractivity contribution in [2.24, 2.45) is 0 Å². The van der Waals surface area contributed by atoms with Gasteiger partial charge in [-0.3, -0.25) is 19.9 Å². The Bertz CT molecular complexity index is 2540. The van der Waals surface area contributed by atoms with Crippen LogP contribution in [0.4, 0.5) is 0 Å². The summed E-state index contributed by atoms with van der Waals surface area (Å²) >= 11 is 3.27. The molecule has 46 heavy (non-hydrogen) atoms. The zero-order valence-electron chi connectivity index (χ0n) is 24.5. The molecule has 5 aromatic carbocycles. The van der Waals surface area contributed by atoms with Crippen LogP contribution in [0.1, 0.15) is 0 Å². The van der Waals surface area contributed by atoms with Gasteiger partial charge >= 0.3 is 0 Å². The van der Waals surface area contributed by atoms with E-state index in [-0.39, 0.29) is 0 Å². The van der Waals surface area contributed by atoms with Crippen molar-refractivity contribution in [1.29, 1.82) is 0 Å². The highest BCUT2D eigenvalue weighted by atomic mass is 32.1. The lowest BCUT2D eigenvalue weighted by molar-refractivity contribution is 1.33. The minimum Gasteiger partial charge on any atom is -0.256 e. The number of nitrogens with zero attached hydrogens (tertiary/aromatic N) is 4. The number of aromatic nitrogens is 4. The first kappa shape index (κ1) is 26.8. The number of thiazole rings is 2. The summed E-state index contributed by atoms with van der Waals surface area (Å²) in [7, 11) is 0. The van der Waals surface area contributed by atoms with E-state index in [0.29, 0.717) is 0 Å². The van der Waals surface area contributed by atoms with Crippen LogP contribution in [0, 0.1) is 0 Å². The van der Waals surface area contributed by atoms with Crippen molar-refractivity contribution < 1.29 is 0 Å². The fourth-order valence-electron chi connectivity index (χ4n) is 6.44. The molecule has 4 aromatic heterocycles. The maximum atomic E-state index is 4.98. The number of benzene rings is 5. The van der Waals surface area contributed by atoms with Gasteiger partial charge in [-0.15, -0.1) is 22.7 Å². The molecule has 0 radical (unpaired) electrons. The second-order valence-electron chi connectivity index (χ2n) is 11.2. The molecular formula is C40H24N4S2. The molecule has 0 saturated heterocycles. The van der Waals surface area contributed by atoms with Gasteiger partial charge in [0.2, 0.25) is 0 Å². The van der Waals surface area contributed by atoms with Crippen LogP contribution in [0.5, 0.6) is 0 Å². The van der Waals surface area contributed by atoms with Gasteiger partial charge < -0.3 is 0 Å².